The fraction of sp³-hybridized carbons (Fsp3) is 0.364. The second kappa shape index (κ2) is 10.3. The third-order valence-electron chi connectivity index (χ3n) is 5.18. The molecule has 2 aromatic carbocycles. The second-order valence-electron chi connectivity index (χ2n) is 7.28. The van der Waals surface area contributed by atoms with Crippen LogP contribution in [0.3, 0.4) is 0 Å². The molecule has 160 valence electrons. The zero-order chi connectivity index (χ0) is 21.5. The predicted octanol–water partition coefficient (Wildman–Crippen LogP) is 3.20. The molecule has 30 heavy (non-hydrogen) atoms. The largest absolute Gasteiger partial charge is 0.497 e. The molecule has 1 atom stereocenters. The molecule has 1 saturated heterocycles. The van der Waals surface area contributed by atoms with E-state index >= 15 is 0 Å². The van der Waals surface area contributed by atoms with Gasteiger partial charge < -0.3 is 20.1 Å². The van der Waals surface area contributed by atoms with E-state index in [9.17, 15) is 14.7 Å². The summed E-state index contributed by atoms with van der Waals surface area (Å²) in [7, 11) is 1.57. The topological polar surface area (TPSA) is 82.1 Å². The summed E-state index contributed by atoms with van der Waals surface area (Å²) in [4.78, 5) is 28.4. The van der Waals surface area contributed by atoms with E-state index in [0.717, 1.165) is 31.9 Å². The normalized spacial score (nSPS) is 15.5. The first kappa shape index (κ1) is 21.9. The molecule has 1 amide bonds. The van der Waals surface area contributed by atoms with E-state index in [1.54, 1.807) is 31.4 Å². The minimum atomic E-state index is -0.961. The number of carboxylic acid groups (broad SMARTS) is 1. The Bertz CT molecular complexity index is 867. The van der Waals surface area contributed by atoms with Crippen molar-refractivity contribution in [3.8, 4) is 5.75 Å². The molecule has 3 rings (SSSR count). The number of carboxylic acids is 1. The summed E-state index contributed by atoms with van der Waals surface area (Å²) in [5.74, 6) is -1.35. The maximum atomic E-state index is 12.3. The van der Waals surface area contributed by atoms with Gasteiger partial charge >= 0.3 is 5.97 Å². The minimum Gasteiger partial charge on any atom is -0.497 e. The summed E-state index contributed by atoms with van der Waals surface area (Å²) in [6.07, 6.45) is -0.0735. The first-order valence-electron chi connectivity index (χ1n) is 9.84. The summed E-state index contributed by atoms with van der Waals surface area (Å²) in [6.45, 7) is 3.37. The van der Waals surface area contributed by atoms with E-state index in [2.05, 4.69) is 15.1 Å². The average molecular weight is 432 g/mol. The molecule has 1 aliphatic heterocycles. The fourth-order valence-corrected chi connectivity index (χ4v) is 3.70. The molecule has 2 aromatic rings. The lowest BCUT2D eigenvalue weighted by molar-refractivity contribution is -0.144. The van der Waals surface area contributed by atoms with Gasteiger partial charge in [-0.3, -0.25) is 14.5 Å². The number of benzene rings is 2. The Balaban J connectivity index is 1.50. The Hall–Kier alpha value is -2.77. The number of hydrogen-bond acceptors (Lipinski definition) is 5. The summed E-state index contributed by atoms with van der Waals surface area (Å²) in [5, 5.41) is 13.0. The van der Waals surface area contributed by atoms with Gasteiger partial charge in [0.15, 0.2) is 0 Å². The molecular weight excluding hydrogens is 406 g/mol. The van der Waals surface area contributed by atoms with Gasteiger partial charge in [-0.05, 0) is 42.5 Å². The molecule has 1 aliphatic rings. The molecule has 0 bridgehead atoms. The lowest BCUT2D eigenvalue weighted by Gasteiger charge is -2.37. The van der Waals surface area contributed by atoms with Gasteiger partial charge in [-0.25, -0.2) is 0 Å². The average Bonchev–Trinajstić information content (AvgIpc) is 2.74. The highest BCUT2D eigenvalue weighted by Crippen LogP contribution is 2.21. The van der Waals surface area contributed by atoms with Gasteiger partial charge in [0.25, 0.3) is 0 Å². The summed E-state index contributed by atoms with van der Waals surface area (Å²) < 4.78 is 5.09. The number of nitrogens with zero attached hydrogens (tertiary/aromatic N) is 2. The van der Waals surface area contributed by atoms with E-state index in [0.29, 0.717) is 23.0 Å². The van der Waals surface area contributed by atoms with Crippen molar-refractivity contribution in [1.82, 2.24) is 4.90 Å². The van der Waals surface area contributed by atoms with E-state index < -0.39 is 11.9 Å². The Morgan fingerprint density at radius 2 is 1.83 bits per heavy atom. The van der Waals surface area contributed by atoms with Crippen molar-refractivity contribution in [2.75, 3.05) is 50.1 Å². The smallest absolute Gasteiger partial charge is 0.308 e. The van der Waals surface area contributed by atoms with Crippen molar-refractivity contribution in [2.24, 2.45) is 5.92 Å². The number of ether oxygens (including phenoxy) is 1. The highest BCUT2D eigenvalue weighted by atomic mass is 35.5. The summed E-state index contributed by atoms with van der Waals surface area (Å²) in [5.41, 5.74) is 1.68. The van der Waals surface area contributed by atoms with Crippen LogP contribution in [0.15, 0.2) is 48.5 Å². The van der Waals surface area contributed by atoms with Crippen LogP contribution in [0.5, 0.6) is 5.75 Å². The highest BCUT2D eigenvalue weighted by molar-refractivity contribution is 6.30. The van der Waals surface area contributed by atoms with Gasteiger partial charge in [-0.2, -0.15) is 0 Å². The van der Waals surface area contributed by atoms with Crippen LogP contribution in [0.1, 0.15) is 6.42 Å². The second-order valence-corrected chi connectivity index (χ2v) is 7.72. The third-order valence-corrected chi connectivity index (χ3v) is 5.41. The van der Waals surface area contributed by atoms with Crippen molar-refractivity contribution in [3.05, 3.63) is 53.6 Å². The molecule has 8 heteroatoms. The van der Waals surface area contributed by atoms with Crippen molar-refractivity contribution >= 4 is 34.9 Å². The number of nitrogens with one attached hydrogen (secondary N) is 1. The molecule has 0 radical (unpaired) electrons. The van der Waals surface area contributed by atoms with E-state index in [-0.39, 0.29) is 12.3 Å². The monoisotopic (exact) mass is 431 g/mol. The maximum Gasteiger partial charge on any atom is 0.308 e. The molecule has 0 spiro atoms. The first-order chi connectivity index (χ1) is 14.4. The number of halogens is 1. The zero-order valence-electron chi connectivity index (χ0n) is 16.9. The van der Waals surface area contributed by atoms with Crippen molar-refractivity contribution in [2.45, 2.75) is 6.42 Å². The first-order valence-corrected chi connectivity index (χ1v) is 10.2. The lowest BCUT2D eigenvalue weighted by Crippen LogP contribution is -2.48. The number of hydrogen-bond donors (Lipinski definition) is 2. The van der Waals surface area contributed by atoms with Gasteiger partial charge in [0, 0.05) is 55.5 Å². The van der Waals surface area contributed by atoms with Crippen molar-refractivity contribution in [3.63, 3.8) is 0 Å². The highest BCUT2D eigenvalue weighted by Gasteiger charge is 2.26. The van der Waals surface area contributed by atoms with E-state index in [1.807, 2.05) is 24.3 Å². The summed E-state index contributed by atoms with van der Waals surface area (Å²) in [6, 6.07) is 14.6. The van der Waals surface area contributed by atoms with Gasteiger partial charge in [0.05, 0.1) is 13.0 Å². The Labute approximate surface area is 181 Å². The standard InChI is InChI=1S/C22H26ClN3O4/c1-30-20-7-5-18(6-8-20)24-21(27)13-16(22(28)29)15-25-9-11-26(12-10-25)19-4-2-3-17(23)14-19/h2-8,14,16H,9-13,15H2,1H3,(H,24,27)(H,28,29)/t16-/m0/s1. The van der Waals surface area contributed by atoms with Gasteiger partial charge in [0.1, 0.15) is 5.75 Å². The zero-order valence-corrected chi connectivity index (χ0v) is 17.6. The SMILES string of the molecule is COc1ccc(NC(=O)C[C@@H](CN2CCN(c3cccc(Cl)c3)CC2)C(=O)O)cc1. The van der Waals surface area contributed by atoms with Crippen LogP contribution >= 0.6 is 11.6 Å². The van der Waals surface area contributed by atoms with Crippen LogP contribution in [0.2, 0.25) is 5.02 Å². The number of piperazine rings is 1. The number of aliphatic carboxylic acids is 1. The molecule has 0 aromatic heterocycles. The van der Waals surface area contributed by atoms with Crippen LogP contribution in [0.25, 0.3) is 0 Å². The number of methoxy groups -OCH3 is 1. The predicted molar refractivity (Wildman–Crippen MR) is 117 cm³/mol. The lowest BCUT2D eigenvalue weighted by atomic mass is 10.0. The van der Waals surface area contributed by atoms with Crippen LogP contribution in [0, 0.1) is 5.92 Å². The van der Waals surface area contributed by atoms with Crippen LogP contribution in [-0.4, -0.2) is 61.7 Å². The van der Waals surface area contributed by atoms with Crippen LogP contribution in [-0.2, 0) is 9.59 Å². The van der Waals surface area contributed by atoms with E-state index in [1.165, 1.54) is 0 Å². The third kappa shape index (κ3) is 6.11. The van der Waals surface area contributed by atoms with Crippen molar-refractivity contribution < 1.29 is 19.4 Å². The number of rotatable bonds is 8. The molecule has 0 aliphatic carbocycles. The number of anilines is 2. The summed E-state index contributed by atoms with van der Waals surface area (Å²) >= 11 is 6.07. The van der Waals surface area contributed by atoms with Gasteiger partial charge in [-0.1, -0.05) is 17.7 Å². The quantitative estimate of drug-likeness (QED) is 0.668. The van der Waals surface area contributed by atoms with Gasteiger partial charge in [0.2, 0.25) is 5.91 Å². The molecule has 7 nitrogen and oxygen atoms in total. The van der Waals surface area contributed by atoms with Crippen LogP contribution < -0.4 is 15.0 Å². The van der Waals surface area contributed by atoms with E-state index in [4.69, 9.17) is 16.3 Å². The van der Waals surface area contributed by atoms with Gasteiger partial charge in [-0.15, -0.1) is 0 Å². The van der Waals surface area contributed by atoms with Crippen molar-refractivity contribution in [1.29, 1.82) is 0 Å². The maximum absolute atomic E-state index is 12.3. The molecule has 1 fully saturated rings. The molecule has 2 N–H and O–H groups in total. The van der Waals surface area contributed by atoms with Crippen LogP contribution in [0.4, 0.5) is 11.4 Å². The molecule has 1 heterocycles. The molecule has 0 unspecified atom stereocenters. The Kier molecular flexibility index (Phi) is 7.54. The fourth-order valence-electron chi connectivity index (χ4n) is 3.51. The minimum absolute atomic E-state index is 0.0735. The number of carbonyl (C=O) groups is 2. The number of amides is 1. The number of carbonyl (C=O) groups excluding carboxylic acids is 1. The molecular formula is C22H26ClN3O4. The Morgan fingerprint density at radius 3 is 2.43 bits per heavy atom. The Morgan fingerprint density at radius 1 is 1.13 bits per heavy atom. The molecule has 0 saturated carbocycles.